The maximum atomic E-state index is 5.45. The largest absolute Gasteiger partial charge is 0.231 e. The minimum absolute atomic E-state index is 0.599. The highest BCUT2D eigenvalue weighted by molar-refractivity contribution is 6.09. The minimum atomic E-state index is 0.599. The van der Waals surface area contributed by atoms with E-state index in [1.54, 1.807) is 0 Å². The molecule has 0 saturated heterocycles. The van der Waals surface area contributed by atoms with Crippen molar-refractivity contribution in [2.45, 2.75) is 0 Å². The Morgan fingerprint density at radius 2 is 0.642 bits per heavy atom. The molecule has 3 heterocycles. The van der Waals surface area contributed by atoms with Crippen molar-refractivity contribution in [3.63, 3.8) is 0 Å². The van der Waals surface area contributed by atoms with Crippen molar-refractivity contribution in [3.8, 4) is 101 Å². The molecule has 0 N–H and O–H groups in total. The Hall–Kier alpha value is -9.06. The van der Waals surface area contributed by atoms with E-state index in [1.165, 1.54) is 0 Å². The standard InChI is InChI=1S/C62H41N5/c1-6-19-42(20-7-1)47-29-16-32-52(37-47)60-63-61(53-33-17-30-48(38-53)43-21-8-2-9-22-43)65-62(64-60)54-34-18-31-49(39-54)50-35-36-51-41-56(44-23-10-3-11-24-44)67-59(55(51)40-50)57(45-25-12-4-13-26-45)58(66-67)46-27-14-5-15-28-46/h1-41H. The highest BCUT2D eigenvalue weighted by Crippen LogP contribution is 2.42. The normalized spacial score (nSPS) is 11.3. The number of rotatable bonds is 9. The van der Waals surface area contributed by atoms with E-state index in [4.69, 9.17) is 20.1 Å². The molecule has 314 valence electrons. The maximum Gasteiger partial charge on any atom is 0.164 e. The monoisotopic (exact) mass is 855 g/mol. The molecule has 5 nitrogen and oxygen atoms in total. The van der Waals surface area contributed by atoms with Crippen molar-refractivity contribution in [3.05, 3.63) is 249 Å². The summed E-state index contributed by atoms with van der Waals surface area (Å²) in [6.07, 6.45) is 0. The van der Waals surface area contributed by atoms with E-state index in [0.29, 0.717) is 17.5 Å². The number of benzene rings is 9. The molecule has 0 atom stereocenters. The van der Waals surface area contributed by atoms with Crippen molar-refractivity contribution in [2.24, 2.45) is 0 Å². The highest BCUT2D eigenvalue weighted by atomic mass is 15.2. The predicted molar refractivity (Wildman–Crippen MR) is 275 cm³/mol. The maximum absolute atomic E-state index is 5.45. The highest BCUT2D eigenvalue weighted by Gasteiger charge is 2.22. The van der Waals surface area contributed by atoms with Crippen LogP contribution in [0.5, 0.6) is 0 Å². The van der Waals surface area contributed by atoms with Gasteiger partial charge in [0.1, 0.15) is 5.69 Å². The molecule has 0 radical (unpaired) electrons. The van der Waals surface area contributed by atoms with Crippen LogP contribution in [0, 0.1) is 0 Å². The van der Waals surface area contributed by atoms with Gasteiger partial charge in [-0.1, -0.05) is 218 Å². The fourth-order valence-corrected chi connectivity index (χ4v) is 9.15. The van der Waals surface area contributed by atoms with Crippen molar-refractivity contribution >= 4 is 16.3 Å². The van der Waals surface area contributed by atoms with Crippen LogP contribution < -0.4 is 0 Å². The molecule has 0 amide bonds. The van der Waals surface area contributed by atoms with Gasteiger partial charge in [-0.25, -0.2) is 19.5 Å². The Bertz CT molecular complexity index is 3620. The van der Waals surface area contributed by atoms with E-state index < -0.39 is 0 Å². The average molecular weight is 856 g/mol. The third-order valence-electron chi connectivity index (χ3n) is 12.4. The SMILES string of the molecule is c1ccc(-c2cccc(-c3nc(-c4cccc(-c5ccccc5)c4)nc(-c4cccc(-c5ccc6cc(-c7ccccc7)n7nc(-c8ccccc8)c(-c8ccccc8)c7c6c5)c4)n3)c2)cc1. The van der Waals surface area contributed by atoms with Gasteiger partial charge in [0.25, 0.3) is 0 Å². The second kappa shape index (κ2) is 17.1. The quantitative estimate of drug-likeness (QED) is 0.145. The van der Waals surface area contributed by atoms with Crippen molar-refractivity contribution in [2.75, 3.05) is 0 Å². The van der Waals surface area contributed by atoms with Gasteiger partial charge in [0.15, 0.2) is 17.5 Å². The number of pyridine rings is 1. The van der Waals surface area contributed by atoms with Gasteiger partial charge in [0.2, 0.25) is 0 Å². The van der Waals surface area contributed by atoms with Crippen LogP contribution in [0.2, 0.25) is 0 Å². The molecule has 9 aromatic carbocycles. The van der Waals surface area contributed by atoms with Crippen LogP contribution in [0.4, 0.5) is 0 Å². The molecule has 0 aliphatic rings. The van der Waals surface area contributed by atoms with Crippen molar-refractivity contribution in [1.82, 2.24) is 24.6 Å². The molecular formula is C62H41N5. The van der Waals surface area contributed by atoms with Gasteiger partial charge in [0, 0.05) is 38.8 Å². The second-order valence-electron chi connectivity index (χ2n) is 16.7. The van der Waals surface area contributed by atoms with Gasteiger partial charge in [0.05, 0.1) is 11.2 Å². The molecule has 0 aliphatic heterocycles. The molecular weight excluding hydrogens is 815 g/mol. The molecule has 0 bridgehead atoms. The van der Waals surface area contributed by atoms with Gasteiger partial charge in [-0.2, -0.15) is 5.10 Å². The van der Waals surface area contributed by atoms with Gasteiger partial charge in [-0.15, -0.1) is 0 Å². The number of fused-ring (bicyclic) bond motifs is 3. The van der Waals surface area contributed by atoms with Gasteiger partial charge in [-0.05, 0) is 74.7 Å². The zero-order valence-electron chi connectivity index (χ0n) is 36.4. The van der Waals surface area contributed by atoms with E-state index in [0.717, 1.165) is 100 Å². The Kier molecular flexibility index (Phi) is 10.1. The molecule has 0 unspecified atom stereocenters. The summed E-state index contributed by atoms with van der Waals surface area (Å²) in [7, 11) is 0. The zero-order valence-corrected chi connectivity index (χ0v) is 36.4. The summed E-state index contributed by atoms with van der Waals surface area (Å²) < 4.78 is 2.15. The summed E-state index contributed by atoms with van der Waals surface area (Å²) in [5.74, 6) is 1.82. The van der Waals surface area contributed by atoms with E-state index in [9.17, 15) is 0 Å². The summed E-state index contributed by atoms with van der Waals surface area (Å²) in [4.78, 5) is 15.6. The smallest absolute Gasteiger partial charge is 0.164 e. The summed E-state index contributed by atoms with van der Waals surface area (Å²) in [5, 5.41) is 7.69. The first-order valence-corrected chi connectivity index (χ1v) is 22.5. The Morgan fingerprint density at radius 1 is 0.269 bits per heavy atom. The van der Waals surface area contributed by atoms with Gasteiger partial charge >= 0.3 is 0 Å². The lowest BCUT2D eigenvalue weighted by molar-refractivity contribution is 0.979. The Morgan fingerprint density at radius 3 is 1.12 bits per heavy atom. The summed E-state index contributed by atoms with van der Waals surface area (Å²) >= 11 is 0. The first kappa shape index (κ1) is 39.5. The van der Waals surface area contributed by atoms with Crippen molar-refractivity contribution < 1.29 is 0 Å². The summed E-state index contributed by atoms with van der Waals surface area (Å²) in [6.45, 7) is 0. The summed E-state index contributed by atoms with van der Waals surface area (Å²) in [5.41, 5.74) is 16.7. The lowest BCUT2D eigenvalue weighted by Gasteiger charge is -2.13. The minimum Gasteiger partial charge on any atom is -0.231 e. The summed E-state index contributed by atoms with van der Waals surface area (Å²) in [6, 6.07) is 87.0. The van der Waals surface area contributed by atoms with E-state index in [1.807, 2.05) is 12.1 Å². The predicted octanol–water partition coefficient (Wildman–Crippen LogP) is 15.7. The lowest BCUT2D eigenvalue weighted by atomic mass is 9.94. The third-order valence-corrected chi connectivity index (χ3v) is 12.4. The fourth-order valence-electron chi connectivity index (χ4n) is 9.15. The number of hydrogen-bond acceptors (Lipinski definition) is 4. The van der Waals surface area contributed by atoms with Crippen LogP contribution in [0.15, 0.2) is 249 Å². The zero-order chi connectivity index (χ0) is 44.5. The van der Waals surface area contributed by atoms with Crippen LogP contribution >= 0.6 is 0 Å². The fraction of sp³-hybridized carbons (Fsp3) is 0. The van der Waals surface area contributed by atoms with Crippen molar-refractivity contribution in [1.29, 1.82) is 0 Å². The first-order chi connectivity index (χ1) is 33.2. The topological polar surface area (TPSA) is 56.0 Å². The Balaban J connectivity index is 1.03. The van der Waals surface area contributed by atoms with Crippen LogP contribution in [0.1, 0.15) is 0 Å². The molecule has 12 rings (SSSR count). The van der Waals surface area contributed by atoms with Crippen LogP contribution in [-0.4, -0.2) is 24.6 Å². The average Bonchev–Trinajstić information content (AvgIpc) is 3.83. The van der Waals surface area contributed by atoms with E-state index >= 15 is 0 Å². The molecule has 0 spiro atoms. The number of hydrogen-bond donors (Lipinski definition) is 0. The van der Waals surface area contributed by atoms with Gasteiger partial charge < -0.3 is 0 Å². The van der Waals surface area contributed by atoms with Crippen LogP contribution in [-0.2, 0) is 0 Å². The van der Waals surface area contributed by atoms with Crippen LogP contribution in [0.25, 0.3) is 117 Å². The number of aromatic nitrogens is 5. The lowest BCUT2D eigenvalue weighted by Crippen LogP contribution is -2.00. The Labute approximate surface area is 389 Å². The molecule has 0 saturated carbocycles. The van der Waals surface area contributed by atoms with Crippen LogP contribution in [0.3, 0.4) is 0 Å². The van der Waals surface area contributed by atoms with E-state index in [2.05, 4.69) is 241 Å². The molecule has 3 aromatic heterocycles. The molecule has 5 heteroatoms. The molecule has 0 aliphatic carbocycles. The number of nitrogens with zero attached hydrogens (tertiary/aromatic N) is 5. The molecule has 0 fully saturated rings. The second-order valence-corrected chi connectivity index (χ2v) is 16.7. The molecule has 12 aromatic rings. The van der Waals surface area contributed by atoms with E-state index in [-0.39, 0.29) is 0 Å². The third kappa shape index (κ3) is 7.64. The molecule has 67 heavy (non-hydrogen) atoms. The first-order valence-electron chi connectivity index (χ1n) is 22.5. The van der Waals surface area contributed by atoms with Gasteiger partial charge in [-0.3, -0.25) is 0 Å².